The molecular formula is C12H10ClN3OS. The van der Waals surface area contributed by atoms with E-state index in [1.165, 1.54) is 11.3 Å². The van der Waals surface area contributed by atoms with Gasteiger partial charge in [0.05, 0.1) is 6.61 Å². The number of hydrogen-bond acceptors (Lipinski definition) is 5. The molecule has 0 saturated carbocycles. The van der Waals surface area contributed by atoms with Crippen molar-refractivity contribution >= 4 is 28.1 Å². The van der Waals surface area contributed by atoms with Crippen molar-refractivity contribution in [3.05, 3.63) is 45.4 Å². The van der Waals surface area contributed by atoms with Crippen molar-refractivity contribution in [3.63, 3.8) is 0 Å². The van der Waals surface area contributed by atoms with Crippen LogP contribution in [0.1, 0.15) is 16.0 Å². The van der Waals surface area contributed by atoms with Crippen LogP contribution in [-0.2, 0) is 13.2 Å². The van der Waals surface area contributed by atoms with Crippen LogP contribution in [-0.4, -0.2) is 10.1 Å². The molecule has 0 unspecified atom stereocenters. The zero-order chi connectivity index (χ0) is 13.0. The second-order valence-electron chi connectivity index (χ2n) is 3.58. The minimum absolute atomic E-state index is 0.0430. The number of hydrogen-bond donors (Lipinski definition) is 2. The van der Waals surface area contributed by atoms with Gasteiger partial charge in [0.15, 0.2) is 10.3 Å². The number of aliphatic hydroxyl groups excluding tert-OH is 1. The molecule has 0 bridgehead atoms. The molecule has 0 atom stereocenters. The number of aliphatic hydroxyl groups is 1. The molecule has 1 aromatic heterocycles. The first-order valence-electron chi connectivity index (χ1n) is 5.22. The van der Waals surface area contributed by atoms with Crippen LogP contribution in [0.4, 0.5) is 5.13 Å². The van der Waals surface area contributed by atoms with E-state index in [9.17, 15) is 0 Å². The molecule has 2 aromatic rings. The van der Waals surface area contributed by atoms with Gasteiger partial charge in [0.2, 0.25) is 0 Å². The number of rotatable bonds is 4. The zero-order valence-electron chi connectivity index (χ0n) is 9.35. The summed E-state index contributed by atoms with van der Waals surface area (Å²) < 4.78 is 0. The topological polar surface area (TPSA) is 68.9 Å². The lowest BCUT2D eigenvalue weighted by Crippen LogP contribution is -1.98. The largest absolute Gasteiger partial charge is 0.392 e. The van der Waals surface area contributed by atoms with Gasteiger partial charge >= 0.3 is 0 Å². The Morgan fingerprint density at radius 1 is 1.33 bits per heavy atom. The van der Waals surface area contributed by atoms with Crippen molar-refractivity contribution in [1.29, 1.82) is 5.26 Å². The van der Waals surface area contributed by atoms with Crippen molar-refractivity contribution < 1.29 is 5.11 Å². The summed E-state index contributed by atoms with van der Waals surface area (Å²) in [7, 11) is 0. The van der Waals surface area contributed by atoms with Gasteiger partial charge in [0, 0.05) is 6.54 Å². The summed E-state index contributed by atoms with van der Waals surface area (Å²) >= 11 is 7.01. The highest BCUT2D eigenvalue weighted by Crippen LogP contribution is 2.26. The number of nitrogens with one attached hydrogen (secondary N) is 1. The highest BCUT2D eigenvalue weighted by molar-refractivity contribution is 7.16. The Morgan fingerprint density at radius 3 is 2.56 bits per heavy atom. The molecule has 0 aliphatic carbocycles. The average molecular weight is 280 g/mol. The summed E-state index contributed by atoms with van der Waals surface area (Å²) in [5.74, 6) is 0. The van der Waals surface area contributed by atoms with Gasteiger partial charge in [-0.1, -0.05) is 47.2 Å². The van der Waals surface area contributed by atoms with Crippen LogP contribution in [0.25, 0.3) is 0 Å². The lowest BCUT2D eigenvalue weighted by molar-refractivity contribution is 0.282. The fraction of sp³-hybridized carbons (Fsp3) is 0.167. The molecule has 6 heteroatoms. The van der Waals surface area contributed by atoms with E-state index < -0.39 is 0 Å². The van der Waals surface area contributed by atoms with E-state index >= 15 is 0 Å². The number of nitriles is 1. The first-order valence-corrected chi connectivity index (χ1v) is 6.41. The van der Waals surface area contributed by atoms with Crippen LogP contribution in [0.3, 0.4) is 0 Å². The lowest BCUT2D eigenvalue weighted by atomic mass is 10.1. The molecule has 0 aliphatic heterocycles. The maximum absolute atomic E-state index is 8.93. The Labute approximate surface area is 113 Å². The third-order valence-electron chi connectivity index (χ3n) is 2.34. The first-order chi connectivity index (χ1) is 8.72. The molecule has 18 heavy (non-hydrogen) atoms. The summed E-state index contributed by atoms with van der Waals surface area (Å²) in [5.41, 5.74) is 1.94. The maximum atomic E-state index is 8.93. The van der Waals surface area contributed by atoms with Gasteiger partial charge in [-0.2, -0.15) is 5.26 Å². The molecule has 0 amide bonds. The van der Waals surface area contributed by atoms with Crippen molar-refractivity contribution in [2.24, 2.45) is 0 Å². The minimum atomic E-state index is 0.0430. The molecule has 0 saturated heterocycles. The SMILES string of the molecule is N#Cc1sc(NCc2ccc(CO)cc2)nc1Cl. The Kier molecular flexibility index (Phi) is 4.15. The van der Waals surface area contributed by atoms with E-state index in [0.717, 1.165) is 11.1 Å². The summed E-state index contributed by atoms with van der Waals surface area (Å²) in [6.45, 7) is 0.641. The third kappa shape index (κ3) is 2.99. The van der Waals surface area contributed by atoms with Crippen LogP contribution < -0.4 is 5.32 Å². The van der Waals surface area contributed by atoms with Gasteiger partial charge in [-0.15, -0.1) is 0 Å². The highest BCUT2D eigenvalue weighted by atomic mass is 35.5. The number of aromatic nitrogens is 1. The summed E-state index contributed by atoms with van der Waals surface area (Å²) in [6, 6.07) is 9.58. The monoisotopic (exact) mass is 279 g/mol. The van der Waals surface area contributed by atoms with Crippen LogP contribution in [0.5, 0.6) is 0 Å². The fourth-order valence-corrected chi connectivity index (χ4v) is 2.33. The Morgan fingerprint density at radius 2 is 2.00 bits per heavy atom. The Bertz CT molecular complexity index is 574. The van der Waals surface area contributed by atoms with E-state index in [1.807, 2.05) is 30.3 Å². The van der Waals surface area contributed by atoms with Gasteiger partial charge in [0.1, 0.15) is 10.9 Å². The maximum Gasteiger partial charge on any atom is 0.185 e. The quantitative estimate of drug-likeness (QED) is 0.903. The molecule has 92 valence electrons. The van der Waals surface area contributed by atoms with Crippen molar-refractivity contribution in [2.75, 3.05) is 5.32 Å². The van der Waals surface area contributed by atoms with Crippen LogP contribution in [0.2, 0.25) is 5.15 Å². The van der Waals surface area contributed by atoms with E-state index in [-0.39, 0.29) is 11.8 Å². The van der Waals surface area contributed by atoms with E-state index in [2.05, 4.69) is 10.3 Å². The number of benzene rings is 1. The molecule has 2 rings (SSSR count). The van der Waals surface area contributed by atoms with Crippen LogP contribution in [0, 0.1) is 11.3 Å². The number of halogens is 1. The minimum Gasteiger partial charge on any atom is -0.392 e. The molecule has 2 N–H and O–H groups in total. The van der Waals surface area contributed by atoms with E-state index in [0.29, 0.717) is 16.6 Å². The smallest absolute Gasteiger partial charge is 0.185 e. The first kappa shape index (κ1) is 12.8. The summed E-state index contributed by atoms with van der Waals surface area (Å²) in [4.78, 5) is 4.45. The van der Waals surface area contributed by atoms with Crippen molar-refractivity contribution in [3.8, 4) is 6.07 Å². The van der Waals surface area contributed by atoms with Crippen molar-refractivity contribution in [2.45, 2.75) is 13.2 Å². The second kappa shape index (κ2) is 5.83. The predicted octanol–water partition coefficient (Wildman–Crippen LogP) is 2.77. The highest BCUT2D eigenvalue weighted by Gasteiger charge is 2.07. The molecule has 0 aliphatic rings. The second-order valence-corrected chi connectivity index (χ2v) is 4.94. The number of nitrogens with zero attached hydrogens (tertiary/aromatic N) is 2. The van der Waals surface area contributed by atoms with Crippen LogP contribution >= 0.6 is 22.9 Å². The molecule has 0 fully saturated rings. The summed E-state index contributed by atoms with van der Waals surface area (Å²) in [5, 5.41) is 21.7. The fourth-order valence-electron chi connectivity index (χ4n) is 1.39. The number of anilines is 1. The molecule has 0 spiro atoms. The molecule has 4 nitrogen and oxygen atoms in total. The molecule has 1 aromatic carbocycles. The Balaban J connectivity index is 2.00. The lowest BCUT2D eigenvalue weighted by Gasteiger charge is -2.03. The van der Waals surface area contributed by atoms with E-state index in [1.54, 1.807) is 0 Å². The Hall–Kier alpha value is -1.61. The van der Waals surface area contributed by atoms with Gasteiger partial charge < -0.3 is 10.4 Å². The van der Waals surface area contributed by atoms with E-state index in [4.69, 9.17) is 22.0 Å². The standard InChI is InChI=1S/C12H10ClN3OS/c13-11-10(5-14)18-12(16-11)15-6-8-1-3-9(7-17)4-2-8/h1-4,17H,6-7H2,(H,15,16). The normalized spacial score (nSPS) is 10.1. The average Bonchev–Trinajstić information content (AvgIpc) is 2.77. The van der Waals surface area contributed by atoms with Gasteiger partial charge in [0.25, 0.3) is 0 Å². The van der Waals surface area contributed by atoms with Crippen molar-refractivity contribution in [1.82, 2.24) is 4.98 Å². The van der Waals surface area contributed by atoms with Gasteiger partial charge in [-0.25, -0.2) is 4.98 Å². The third-order valence-corrected chi connectivity index (χ3v) is 3.64. The number of thiazole rings is 1. The predicted molar refractivity (Wildman–Crippen MR) is 71.5 cm³/mol. The van der Waals surface area contributed by atoms with Gasteiger partial charge in [-0.3, -0.25) is 0 Å². The molecule has 1 heterocycles. The van der Waals surface area contributed by atoms with Crippen LogP contribution in [0.15, 0.2) is 24.3 Å². The molecule has 0 radical (unpaired) electrons. The van der Waals surface area contributed by atoms with Gasteiger partial charge in [-0.05, 0) is 11.1 Å². The summed E-state index contributed by atoms with van der Waals surface area (Å²) in [6.07, 6.45) is 0. The zero-order valence-corrected chi connectivity index (χ0v) is 10.9. The molecular weight excluding hydrogens is 270 g/mol.